The molecule has 1 aromatic carbocycles. The molecule has 0 atom stereocenters. The number of ether oxygens (including phenoxy) is 1. The second-order valence-electron chi connectivity index (χ2n) is 8.80. The summed E-state index contributed by atoms with van der Waals surface area (Å²) in [5.41, 5.74) is 0.957. The zero-order chi connectivity index (χ0) is 24.0. The number of benzene rings is 1. The Morgan fingerprint density at radius 1 is 1.06 bits per heavy atom. The molecule has 3 aromatic rings. The lowest BCUT2D eigenvalue weighted by atomic mass is 9.84. The molecule has 8 nitrogen and oxygen atoms in total. The van der Waals surface area contributed by atoms with E-state index < -0.39 is 24.2 Å². The fourth-order valence-corrected chi connectivity index (χ4v) is 3.43. The summed E-state index contributed by atoms with van der Waals surface area (Å²) in [6.07, 6.45) is 0. The molecule has 1 aliphatic rings. The van der Waals surface area contributed by atoms with Gasteiger partial charge in [-0.2, -0.15) is 0 Å². The van der Waals surface area contributed by atoms with Crippen molar-refractivity contribution in [2.45, 2.75) is 45.8 Å². The number of pyridine rings is 1. The van der Waals surface area contributed by atoms with Crippen LogP contribution in [0.4, 0.5) is 10.1 Å². The maximum atomic E-state index is 13.3. The van der Waals surface area contributed by atoms with E-state index in [9.17, 15) is 9.18 Å². The van der Waals surface area contributed by atoms with Gasteiger partial charge < -0.3 is 23.9 Å². The van der Waals surface area contributed by atoms with Crippen LogP contribution < -0.4 is 15.6 Å². The fourth-order valence-electron chi connectivity index (χ4n) is 3.43. The Morgan fingerprint density at radius 3 is 2.30 bits per heavy atom. The monoisotopic (exact) mass is 453 g/mol. The summed E-state index contributed by atoms with van der Waals surface area (Å²) in [7, 11) is 0.791. The highest BCUT2D eigenvalue weighted by molar-refractivity contribution is 6.61. The molecule has 172 valence electrons. The van der Waals surface area contributed by atoms with Gasteiger partial charge in [0.25, 0.3) is 5.91 Å². The van der Waals surface area contributed by atoms with Crippen molar-refractivity contribution in [3.63, 3.8) is 0 Å². The van der Waals surface area contributed by atoms with Crippen LogP contribution in [0.25, 0.3) is 11.3 Å². The van der Waals surface area contributed by atoms with Gasteiger partial charge in [-0.15, -0.1) is 0 Å². The first kappa shape index (κ1) is 22.9. The van der Waals surface area contributed by atoms with Gasteiger partial charge in [0.05, 0.1) is 23.9 Å². The van der Waals surface area contributed by atoms with Crippen molar-refractivity contribution in [2.75, 3.05) is 12.4 Å². The van der Waals surface area contributed by atoms with E-state index >= 15 is 0 Å². The Balaban J connectivity index is 1.60. The fraction of sp³-hybridized carbons (Fsp3) is 0.348. The maximum absolute atomic E-state index is 13.3. The van der Waals surface area contributed by atoms with Gasteiger partial charge in [0.15, 0.2) is 0 Å². The van der Waals surface area contributed by atoms with Gasteiger partial charge in [-0.05, 0) is 71.0 Å². The zero-order valence-electron chi connectivity index (χ0n) is 19.4. The molecule has 10 heteroatoms. The Labute approximate surface area is 191 Å². The number of nitrogens with zero attached hydrogens (tertiary/aromatic N) is 2. The van der Waals surface area contributed by atoms with Crippen LogP contribution in [-0.2, 0) is 9.31 Å². The summed E-state index contributed by atoms with van der Waals surface area (Å²) in [6, 6.07) is 9.03. The number of aromatic nitrogens is 2. The van der Waals surface area contributed by atoms with Crippen molar-refractivity contribution in [2.24, 2.45) is 0 Å². The first-order valence-corrected chi connectivity index (χ1v) is 10.5. The minimum absolute atomic E-state index is 0.202. The van der Waals surface area contributed by atoms with E-state index in [2.05, 4.69) is 15.5 Å². The molecule has 0 bridgehead atoms. The van der Waals surface area contributed by atoms with Crippen LogP contribution in [0.1, 0.15) is 43.8 Å². The van der Waals surface area contributed by atoms with Crippen LogP contribution in [-0.4, -0.2) is 41.5 Å². The number of carbonyl (C=O) groups excluding carboxylic acids is 1. The molecule has 0 unspecified atom stereocenters. The van der Waals surface area contributed by atoms with Crippen molar-refractivity contribution >= 4 is 24.3 Å². The summed E-state index contributed by atoms with van der Waals surface area (Å²) in [5, 5.41) is 6.77. The normalized spacial score (nSPS) is 16.6. The number of aryl methyl sites for hydroxylation is 1. The number of hydrogen-bond donors (Lipinski definition) is 1. The van der Waals surface area contributed by atoms with Gasteiger partial charge in [-0.3, -0.25) is 4.79 Å². The summed E-state index contributed by atoms with van der Waals surface area (Å²) in [4.78, 5) is 17.6. The predicted molar refractivity (Wildman–Crippen MR) is 121 cm³/mol. The number of carbonyl (C=O) groups is 1. The summed E-state index contributed by atoms with van der Waals surface area (Å²) in [6.45, 7) is 9.46. The second kappa shape index (κ2) is 8.28. The topological polar surface area (TPSA) is 95.7 Å². The Hall–Kier alpha value is -3.24. The lowest BCUT2D eigenvalue weighted by Crippen LogP contribution is -2.41. The molecule has 4 rings (SSSR count). The van der Waals surface area contributed by atoms with Gasteiger partial charge in [0.2, 0.25) is 5.88 Å². The number of nitrogens with one attached hydrogen (secondary N) is 1. The number of rotatable bonds is 5. The van der Waals surface area contributed by atoms with E-state index in [1.54, 1.807) is 19.1 Å². The molecule has 1 fully saturated rings. The lowest BCUT2D eigenvalue weighted by Gasteiger charge is -2.32. The molecule has 33 heavy (non-hydrogen) atoms. The van der Waals surface area contributed by atoms with Gasteiger partial charge in [-0.1, -0.05) is 5.16 Å². The molecule has 3 heterocycles. The summed E-state index contributed by atoms with van der Waals surface area (Å²) < 4.78 is 36.0. The Kier molecular flexibility index (Phi) is 5.75. The highest BCUT2D eigenvalue weighted by Gasteiger charge is 2.52. The van der Waals surface area contributed by atoms with Crippen molar-refractivity contribution < 1.29 is 27.8 Å². The third kappa shape index (κ3) is 4.23. The van der Waals surface area contributed by atoms with Crippen molar-refractivity contribution in [1.29, 1.82) is 0 Å². The smallest absolute Gasteiger partial charge is 0.480 e. The minimum Gasteiger partial charge on any atom is -0.480 e. The minimum atomic E-state index is -0.668. The van der Waals surface area contributed by atoms with Crippen molar-refractivity contribution in [3.8, 4) is 17.1 Å². The largest absolute Gasteiger partial charge is 0.514 e. The zero-order valence-corrected chi connectivity index (χ0v) is 19.4. The number of hydrogen-bond acceptors (Lipinski definition) is 7. The van der Waals surface area contributed by atoms with Crippen LogP contribution in [0.15, 0.2) is 40.9 Å². The quantitative estimate of drug-likeness (QED) is 0.588. The average Bonchev–Trinajstić information content (AvgIpc) is 3.24. The van der Waals surface area contributed by atoms with Crippen molar-refractivity contribution in [3.05, 3.63) is 53.5 Å². The molecule has 0 radical (unpaired) electrons. The molecule has 0 aliphatic carbocycles. The predicted octanol–water partition coefficient (Wildman–Crippen LogP) is 3.74. The number of anilines is 1. The van der Waals surface area contributed by atoms with Crippen LogP contribution in [0.5, 0.6) is 5.88 Å². The third-order valence-electron chi connectivity index (χ3n) is 6.03. The number of amides is 1. The summed E-state index contributed by atoms with van der Waals surface area (Å²) in [5.74, 6) is -0.319. The summed E-state index contributed by atoms with van der Waals surface area (Å²) >= 11 is 0. The Morgan fingerprint density at radius 2 is 1.70 bits per heavy atom. The SMILES string of the molecule is COc1nc(B2OC(C)(C)C(C)(C)O2)ccc1NC(=O)c1c(-c2ccc(F)cc2)noc1C. The van der Waals surface area contributed by atoms with E-state index in [4.69, 9.17) is 18.6 Å². The third-order valence-corrected chi connectivity index (χ3v) is 6.03. The molecule has 1 saturated heterocycles. The van der Waals surface area contributed by atoms with Gasteiger partial charge in [-0.25, -0.2) is 9.37 Å². The standard InChI is InChI=1S/C23H25BFN3O5/c1-13-18(19(28-31-13)14-7-9-15(25)10-8-14)20(29)26-16-11-12-17(27-21(16)30-6)24-32-22(2,3)23(4,5)33-24/h7-12H,1-6H3,(H,26,29). The van der Waals surface area contributed by atoms with Gasteiger partial charge in [0, 0.05) is 5.56 Å². The lowest BCUT2D eigenvalue weighted by molar-refractivity contribution is 0.00578. The van der Waals surface area contributed by atoms with Gasteiger partial charge in [0.1, 0.15) is 28.5 Å². The van der Waals surface area contributed by atoms with Crippen LogP contribution in [0.2, 0.25) is 0 Å². The van der Waals surface area contributed by atoms with Crippen molar-refractivity contribution in [1.82, 2.24) is 10.1 Å². The van der Waals surface area contributed by atoms with Crippen LogP contribution in [0, 0.1) is 12.7 Å². The molecule has 1 N–H and O–H groups in total. The highest BCUT2D eigenvalue weighted by atomic mass is 19.1. The molecule has 0 spiro atoms. The average molecular weight is 453 g/mol. The molecule has 1 aliphatic heterocycles. The van der Waals surface area contributed by atoms with E-state index in [1.165, 1.54) is 31.4 Å². The molecule has 2 aromatic heterocycles. The number of methoxy groups -OCH3 is 1. The molecular formula is C23H25BFN3O5. The molecule has 0 saturated carbocycles. The molecule has 1 amide bonds. The van der Waals surface area contributed by atoms with E-state index in [-0.39, 0.29) is 17.3 Å². The highest BCUT2D eigenvalue weighted by Crippen LogP contribution is 2.36. The van der Waals surface area contributed by atoms with Crippen LogP contribution in [0.3, 0.4) is 0 Å². The van der Waals surface area contributed by atoms with Crippen LogP contribution >= 0.6 is 0 Å². The number of halogens is 1. The maximum Gasteiger partial charge on any atom is 0.514 e. The van der Waals surface area contributed by atoms with E-state index in [0.29, 0.717) is 28.3 Å². The first-order valence-electron chi connectivity index (χ1n) is 10.5. The van der Waals surface area contributed by atoms with Gasteiger partial charge >= 0.3 is 7.12 Å². The van der Waals surface area contributed by atoms with E-state index in [1.807, 2.05) is 27.7 Å². The Bertz CT molecular complexity index is 1180. The second-order valence-corrected chi connectivity index (χ2v) is 8.80. The molecular weight excluding hydrogens is 428 g/mol. The van der Waals surface area contributed by atoms with E-state index in [0.717, 1.165) is 0 Å². The first-order chi connectivity index (χ1) is 15.5.